The Morgan fingerprint density at radius 3 is 2.58 bits per heavy atom. The quantitative estimate of drug-likeness (QED) is 0.256. The molecule has 3 N–H and O–H groups in total. The SMILES string of the molecule is Clc1ccccc1-c1cc2c(-c3nc(N[C@@H]4C5CC[C@H]4CNC5)c4c(C5CC5)cncc4n3)ccnc2[nH]1. The second-order valence-electron chi connectivity index (χ2n) is 11.0. The van der Waals surface area contributed by atoms with E-state index in [1.54, 1.807) is 0 Å². The highest BCUT2D eigenvalue weighted by Crippen LogP contribution is 2.45. The highest BCUT2D eigenvalue weighted by atomic mass is 35.5. The number of nitrogens with one attached hydrogen (secondary N) is 3. The molecule has 5 aromatic rings. The molecular formula is C30H28ClN7. The minimum atomic E-state index is 0.430. The van der Waals surface area contributed by atoms with Crippen LogP contribution >= 0.6 is 11.6 Å². The Labute approximate surface area is 225 Å². The maximum absolute atomic E-state index is 6.51. The lowest BCUT2D eigenvalue weighted by Gasteiger charge is -2.32. The van der Waals surface area contributed by atoms with E-state index in [0.29, 0.717) is 34.6 Å². The van der Waals surface area contributed by atoms with Gasteiger partial charge in [-0.1, -0.05) is 29.8 Å². The first-order chi connectivity index (χ1) is 18.7. The Kier molecular flexibility index (Phi) is 5.17. The third-order valence-corrected chi connectivity index (χ3v) is 8.96. The molecule has 1 aliphatic heterocycles. The second-order valence-corrected chi connectivity index (χ2v) is 11.4. The van der Waals surface area contributed by atoms with E-state index in [2.05, 4.69) is 31.7 Å². The lowest BCUT2D eigenvalue weighted by molar-refractivity contribution is 0.342. The van der Waals surface area contributed by atoms with Crippen molar-refractivity contribution in [1.29, 1.82) is 0 Å². The van der Waals surface area contributed by atoms with Crippen molar-refractivity contribution < 1.29 is 0 Å². The van der Waals surface area contributed by atoms with Gasteiger partial charge in [0.2, 0.25) is 0 Å². The van der Waals surface area contributed by atoms with Crippen LogP contribution < -0.4 is 10.6 Å². The standard InChI is InChI=1S/C30H28ClN7/c31-23-4-2-1-3-20(23)24-11-21-19(9-10-34-28(21)35-24)29-36-25-15-33-14-22(16-5-6-16)26(25)30(38-29)37-27-17-7-8-18(27)13-32-12-17/h1-4,9-11,14-18,27,32H,5-8,12-13H2,(H,34,35)(H,36,37,38)/t17-,18?,27-/m0/s1. The highest BCUT2D eigenvalue weighted by molar-refractivity contribution is 6.33. The summed E-state index contributed by atoms with van der Waals surface area (Å²) in [7, 11) is 0. The number of aromatic amines is 1. The van der Waals surface area contributed by atoms with Gasteiger partial charge in [-0.05, 0) is 80.3 Å². The van der Waals surface area contributed by atoms with Crippen LogP contribution in [0.5, 0.6) is 0 Å². The number of H-pyrrole nitrogens is 1. The van der Waals surface area contributed by atoms with Crippen molar-refractivity contribution >= 4 is 39.4 Å². The highest BCUT2D eigenvalue weighted by Gasteiger charge is 2.39. The lowest BCUT2D eigenvalue weighted by Crippen LogP contribution is -2.45. The number of fused-ring (bicyclic) bond motifs is 4. The van der Waals surface area contributed by atoms with Crippen LogP contribution in [-0.2, 0) is 0 Å². The topological polar surface area (TPSA) is 91.4 Å². The number of hydrogen-bond acceptors (Lipinski definition) is 6. The van der Waals surface area contributed by atoms with Gasteiger partial charge in [0.25, 0.3) is 0 Å². The lowest BCUT2D eigenvalue weighted by atomic mass is 9.93. The van der Waals surface area contributed by atoms with E-state index in [1.807, 2.05) is 48.9 Å². The van der Waals surface area contributed by atoms with Gasteiger partial charge in [0, 0.05) is 51.1 Å². The van der Waals surface area contributed by atoms with Gasteiger partial charge in [0.05, 0.1) is 11.7 Å². The van der Waals surface area contributed by atoms with E-state index < -0.39 is 0 Å². The van der Waals surface area contributed by atoms with Gasteiger partial charge in [-0.25, -0.2) is 15.0 Å². The maximum atomic E-state index is 6.51. The van der Waals surface area contributed by atoms with Gasteiger partial charge in [0.1, 0.15) is 11.5 Å². The smallest absolute Gasteiger partial charge is 0.163 e. The molecule has 2 saturated carbocycles. The number of aromatic nitrogens is 5. The second kappa shape index (κ2) is 8.75. The molecule has 7 nitrogen and oxygen atoms in total. The van der Waals surface area contributed by atoms with E-state index in [-0.39, 0.29) is 0 Å². The van der Waals surface area contributed by atoms with Crippen LogP contribution in [0, 0.1) is 11.8 Å². The van der Waals surface area contributed by atoms with E-state index in [1.165, 1.54) is 31.2 Å². The monoisotopic (exact) mass is 521 g/mol. The van der Waals surface area contributed by atoms with E-state index in [0.717, 1.165) is 57.7 Å². The van der Waals surface area contributed by atoms with Crippen molar-refractivity contribution in [1.82, 2.24) is 30.2 Å². The maximum Gasteiger partial charge on any atom is 0.163 e. The van der Waals surface area contributed by atoms with E-state index >= 15 is 0 Å². The van der Waals surface area contributed by atoms with Crippen molar-refractivity contribution in [2.75, 3.05) is 18.4 Å². The zero-order chi connectivity index (χ0) is 25.2. The van der Waals surface area contributed by atoms with Gasteiger partial charge in [-0.2, -0.15) is 0 Å². The van der Waals surface area contributed by atoms with Crippen molar-refractivity contribution in [2.45, 2.75) is 37.6 Å². The molecule has 0 amide bonds. The summed E-state index contributed by atoms with van der Waals surface area (Å²) in [6.45, 7) is 2.14. The molecule has 8 heteroatoms. The van der Waals surface area contributed by atoms with Crippen molar-refractivity contribution in [3.05, 3.63) is 65.6 Å². The van der Waals surface area contributed by atoms with E-state index in [9.17, 15) is 0 Å². The molecule has 38 heavy (non-hydrogen) atoms. The number of pyridine rings is 2. The van der Waals surface area contributed by atoms with Crippen LogP contribution in [-0.4, -0.2) is 44.1 Å². The first-order valence-electron chi connectivity index (χ1n) is 13.6. The molecule has 2 aliphatic carbocycles. The van der Waals surface area contributed by atoms with Gasteiger partial charge in [-0.3, -0.25) is 4.98 Å². The third-order valence-electron chi connectivity index (χ3n) is 8.63. The van der Waals surface area contributed by atoms with Crippen LogP contribution in [0.4, 0.5) is 5.82 Å². The molecule has 2 bridgehead atoms. The molecule has 0 spiro atoms. The summed E-state index contributed by atoms with van der Waals surface area (Å²) in [6.07, 6.45) is 10.7. The predicted octanol–water partition coefficient (Wildman–Crippen LogP) is 6.18. The zero-order valence-corrected chi connectivity index (χ0v) is 21.7. The van der Waals surface area contributed by atoms with Crippen molar-refractivity contribution in [3.63, 3.8) is 0 Å². The molecule has 8 rings (SSSR count). The summed E-state index contributed by atoms with van der Waals surface area (Å²) in [5, 5.41) is 10.4. The average molecular weight is 522 g/mol. The molecule has 1 saturated heterocycles. The molecule has 0 radical (unpaired) electrons. The molecule has 5 heterocycles. The fraction of sp³-hybridized carbons (Fsp3) is 0.333. The average Bonchev–Trinajstić information content (AvgIpc) is 3.66. The summed E-state index contributed by atoms with van der Waals surface area (Å²) in [5.74, 6) is 3.45. The Balaban J connectivity index is 1.29. The summed E-state index contributed by atoms with van der Waals surface area (Å²) < 4.78 is 0. The molecule has 4 aromatic heterocycles. The van der Waals surface area contributed by atoms with Crippen LogP contribution in [0.25, 0.3) is 44.6 Å². The number of piperidine rings is 1. The molecule has 190 valence electrons. The molecule has 1 unspecified atom stereocenters. The van der Waals surface area contributed by atoms with Crippen LogP contribution in [0.15, 0.2) is 55.0 Å². The number of rotatable bonds is 5. The minimum Gasteiger partial charge on any atom is -0.366 e. The van der Waals surface area contributed by atoms with Crippen LogP contribution in [0.2, 0.25) is 5.02 Å². The first kappa shape index (κ1) is 22.4. The van der Waals surface area contributed by atoms with E-state index in [4.69, 9.17) is 21.6 Å². The number of hydrogen-bond donors (Lipinski definition) is 3. The predicted molar refractivity (Wildman–Crippen MR) is 151 cm³/mol. The Hall–Kier alpha value is -3.55. The normalized spacial score (nSPS) is 22.8. The Morgan fingerprint density at radius 2 is 1.76 bits per heavy atom. The molecule has 1 aromatic carbocycles. The molecule has 3 atom stereocenters. The van der Waals surface area contributed by atoms with Gasteiger partial charge in [-0.15, -0.1) is 0 Å². The summed E-state index contributed by atoms with van der Waals surface area (Å²) in [6, 6.07) is 12.4. The number of nitrogens with zero attached hydrogens (tertiary/aromatic N) is 4. The summed E-state index contributed by atoms with van der Waals surface area (Å²) in [5.41, 5.74) is 5.78. The molecular weight excluding hydrogens is 494 g/mol. The van der Waals surface area contributed by atoms with Gasteiger partial charge >= 0.3 is 0 Å². The summed E-state index contributed by atoms with van der Waals surface area (Å²) in [4.78, 5) is 23.0. The van der Waals surface area contributed by atoms with Gasteiger partial charge < -0.3 is 15.6 Å². The minimum absolute atomic E-state index is 0.430. The summed E-state index contributed by atoms with van der Waals surface area (Å²) >= 11 is 6.51. The zero-order valence-electron chi connectivity index (χ0n) is 20.9. The molecule has 3 aliphatic rings. The number of halogens is 1. The largest absolute Gasteiger partial charge is 0.366 e. The van der Waals surface area contributed by atoms with Crippen LogP contribution in [0.1, 0.15) is 37.2 Å². The van der Waals surface area contributed by atoms with Crippen molar-refractivity contribution in [2.24, 2.45) is 11.8 Å². The number of anilines is 1. The Morgan fingerprint density at radius 1 is 0.921 bits per heavy atom. The third kappa shape index (κ3) is 3.68. The Bertz CT molecular complexity index is 1680. The fourth-order valence-electron chi connectivity index (χ4n) is 6.56. The van der Waals surface area contributed by atoms with Gasteiger partial charge in [0.15, 0.2) is 5.82 Å². The number of benzene rings is 1. The molecule has 3 fully saturated rings. The fourth-order valence-corrected chi connectivity index (χ4v) is 6.80. The van der Waals surface area contributed by atoms with Crippen LogP contribution in [0.3, 0.4) is 0 Å². The van der Waals surface area contributed by atoms with Crippen molar-refractivity contribution in [3.8, 4) is 22.6 Å². The first-order valence-corrected chi connectivity index (χ1v) is 14.0.